The largest absolute Gasteiger partial charge is 0.496 e. The highest BCUT2D eigenvalue weighted by Crippen LogP contribution is 2.42. The topological polar surface area (TPSA) is 61.9 Å². The van der Waals surface area contributed by atoms with E-state index in [1.54, 1.807) is 13.2 Å². The summed E-state index contributed by atoms with van der Waals surface area (Å²) in [5, 5.41) is 2.74. The van der Waals surface area contributed by atoms with Crippen LogP contribution in [-0.2, 0) is 9.59 Å². The zero-order chi connectivity index (χ0) is 24.9. The van der Waals surface area contributed by atoms with Gasteiger partial charge in [0.15, 0.2) is 5.11 Å². The molecule has 0 spiro atoms. The Hall–Kier alpha value is -3.45. The summed E-state index contributed by atoms with van der Waals surface area (Å²) in [6, 6.07) is 9.59. The van der Waals surface area contributed by atoms with Crippen molar-refractivity contribution in [2.24, 2.45) is 0 Å². The van der Waals surface area contributed by atoms with Crippen molar-refractivity contribution in [3.05, 3.63) is 64.2 Å². The SMILES string of the molecule is COc1cc2c(cc1/C=C1/C(=O)NC(=S)N(c3cccc(C)c3C)C1=O)C(C)=CC(C)(C)N2C. The fourth-order valence-corrected chi connectivity index (χ4v) is 4.77. The van der Waals surface area contributed by atoms with Crippen molar-refractivity contribution in [3.8, 4) is 5.75 Å². The third kappa shape index (κ3) is 3.80. The van der Waals surface area contributed by atoms with Crippen molar-refractivity contribution < 1.29 is 14.3 Å². The fourth-order valence-electron chi connectivity index (χ4n) is 4.49. The summed E-state index contributed by atoms with van der Waals surface area (Å²) in [5.74, 6) is -0.412. The van der Waals surface area contributed by atoms with Gasteiger partial charge in [-0.1, -0.05) is 18.2 Å². The van der Waals surface area contributed by atoms with Crippen molar-refractivity contribution in [3.63, 3.8) is 0 Å². The van der Waals surface area contributed by atoms with Gasteiger partial charge in [0, 0.05) is 29.9 Å². The Balaban J connectivity index is 1.84. The predicted octanol–water partition coefficient (Wildman–Crippen LogP) is 4.78. The Morgan fingerprint density at radius 3 is 2.47 bits per heavy atom. The van der Waals surface area contributed by atoms with Crippen molar-refractivity contribution >= 4 is 52.2 Å². The van der Waals surface area contributed by atoms with E-state index in [1.165, 1.54) is 4.90 Å². The first kappa shape index (κ1) is 23.7. The number of carbonyl (C=O) groups excluding carboxylic acids is 2. The third-order valence-electron chi connectivity index (χ3n) is 6.79. The minimum atomic E-state index is -0.526. The van der Waals surface area contributed by atoms with Crippen LogP contribution in [0.5, 0.6) is 5.75 Å². The molecule has 2 aromatic carbocycles. The van der Waals surface area contributed by atoms with Crippen LogP contribution >= 0.6 is 12.2 Å². The highest BCUT2D eigenvalue weighted by Gasteiger charge is 2.36. The van der Waals surface area contributed by atoms with Gasteiger partial charge in [-0.05, 0) is 81.7 Å². The average molecular weight is 476 g/mol. The number of ether oxygens (including phenoxy) is 1. The monoisotopic (exact) mass is 475 g/mol. The van der Waals surface area contributed by atoms with Gasteiger partial charge in [-0.15, -0.1) is 0 Å². The van der Waals surface area contributed by atoms with E-state index in [1.807, 2.05) is 51.2 Å². The molecule has 4 rings (SSSR count). The van der Waals surface area contributed by atoms with Gasteiger partial charge in [-0.3, -0.25) is 19.8 Å². The number of aryl methyl sites for hydroxylation is 1. The molecule has 0 aromatic heterocycles. The second kappa shape index (κ2) is 8.40. The zero-order valence-corrected chi connectivity index (χ0v) is 21.4. The summed E-state index contributed by atoms with van der Waals surface area (Å²) >= 11 is 5.37. The number of nitrogens with one attached hydrogen (secondary N) is 1. The minimum Gasteiger partial charge on any atom is -0.496 e. The molecule has 0 atom stereocenters. The molecule has 0 aliphatic carbocycles. The lowest BCUT2D eigenvalue weighted by atomic mass is 9.88. The van der Waals surface area contributed by atoms with Crippen LogP contribution in [0.1, 0.15) is 43.0 Å². The highest BCUT2D eigenvalue weighted by atomic mass is 32.1. The molecule has 0 saturated carbocycles. The Kier molecular flexibility index (Phi) is 5.85. The molecule has 0 radical (unpaired) electrons. The van der Waals surface area contributed by atoms with Gasteiger partial charge >= 0.3 is 0 Å². The maximum atomic E-state index is 13.6. The second-order valence-corrected chi connectivity index (χ2v) is 9.71. The second-order valence-electron chi connectivity index (χ2n) is 9.33. The van der Waals surface area contributed by atoms with E-state index in [2.05, 4.69) is 37.1 Å². The molecule has 7 heteroatoms. The molecule has 34 heavy (non-hydrogen) atoms. The first-order chi connectivity index (χ1) is 16.0. The number of hydrogen-bond donors (Lipinski definition) is 1. The van der Waals surface area contributed by atoms with Gasteiger partial charge < -0.3 is 9.64 Å². The van der Waals surface area contributed by atoms with Crippen LogP contribution in [0.4, 0.5) is 11.4 Å². The van der Waals surface area contributed by atoms with Crippen molar-refractivity contribution in [2.45, 2.75) is 40.2 Å². The summed E-state index contributed by atoms with van der Waals surface area (Å²) in [5.41, 5.74) is 6.28. The van der Waals surface area contributed by atoms with E-state index in [-0.39, 0.29) is 16.2 Å². The summed E-state index contributed by atoms with van der Waals surface area (Å²) in [7, 11) is 3.63. The molecule has 2 aromatic rings. The highest BCUT2D eigenvalue weighted by molar-refractivity contribution is 7.80. The number of methoxy groups -OCH3 is 1. The molecule has 2 aliphatic heterocycles. The number of thiocarbonyl (C=S) groups is 1. The van der Waals surface area contributed by atoms with Gasteiger partial charge in [0.05, 0.1) is 18.3 Å². The normalized spacial score (nSPS) is 18.6. The van der Waals surface area contributed by atoms with Crippen LogP contribution in [0.3, 0.4) is 0 Å². The fraction of sp³-hybridized carbons (Fsp3) is 0.296. The van der Waals surface area contributed by atoms with Gasteiger partial charge in [0.2, 0.25) is 0 Å². The molecule has 176 valence electrons. The first-order valence-electron chi connectivity index (χ1n) is 11.1. The smallest absolute Gasteiger partial charge is 0.270 e. The molecular formula is C27H29N3O3S. The molecule has 0 bridgehead atoms. The molecule has 2 aliphatic rings. The lowest BCUT2D eigenvalue weighted by Gasteiger charge is -2.41. The molecular weight excluding hydrogens is 446 g/mol. The number of nitrogens with zero attached hydrogens (tertiary/aromatic N) is 2. The minimum absolute atomic E-state index is 0.00103. The number of benzene rings is 2. The Labute approximate surface area is 205 Å². The van der Waals surface area contributed by atoms with E-state index in [0.29, 0.717) is 17.0 Å². The molecule has 2 heterocycles. The van der Waals surface area contributed by atoms with Crippen molar-refractivity contribution in [2.75, 3.05) is 24.0 Å². The summed E-state index contributed by atoms with van der Waals surface area (Å²) < 4.78 is 5.67. The summed E-state index contributed by atoms with van der Waals surface area (Å²) in [6.07, 6.45) is 3.79. The number of fused-ring (bicyclic) bond motifs is 1. The molecule has 1 fully saturated rings. The van der Waals surface area contributed by atoms with Crippen LogP contribution in [0.2, 0.25) is 0 Å². The van der Waals surface area contributed by atoms with Crippen LogP contribution < -0.4 is 19.9 Å². The molecule has 1 saturated heterocycles. The van der Waals surface area contributed by atoms with Gasteiger partial charge in [0.1, 0.15) is 11.3 Å². The maximum absolute atomic E-state index is 13.6. The molecule has 6 nitrogen and oxygen atoms in total. The lowest BCUT2D eigenvalue weighted by molar-refractivity contribution is -0.122. The van der Waals surface area contributed by atoms with Crippen molar-refractivity contribution in [1.29, 1.82) is 0 Å². The predicted molar refractivity (Wildman–Crippen MR) is 141 cm³/mol. The van der Waals surface area contributed by atoms with E-state index in [4.69, 9.17) is 17.0 Å². The van der Waals surface area contributed by atoms with Crippen LogP contribution in [0.25, 0.3) is 11.6 Å². The first-order valence-corrected chi connectivity index (χ1v) is 11.5. The average Bonchev–Trinajstić information content (AvgIpc) is 2.77. The molecule has 2 amide bonds. The van der Waals surface area contributed by atoms with E-state index < -0.39 is 11.8 Å². The number of anilines is 2. The summed E-state index contributed by atoms with van der Waals surface area (Å²) in [6.45, 7) is 10.3. The Morgan fingerprint density at radius 1 is 1.09 bits per heavy atom. The zero-order valence-electron chi connectivity index (χ0n) is 20.6. The van der Waals surface area contributed by atoms with Crippen LogP contribution in [-0.4, -0.2) is 36.6 Å². The molecule has 1 N–H and O–H groups in total. The van der Waals surface area contributed by atoms with E-state index >= 15 is 0 Å². The van der Waals surface area contributed by atoms with Crippen LogP contribution in [0.15, 0.2) is 42.0 Å². The van der Waals surface area contributed by atoms with Crippen LogP contribution in [0, 0.1) is 13.8 Å². The lowest BCUT2D eigenvalue weighted by Crippen LogP contribution is -2.54. The van der Waals surface area contributed by atoms with Gasteiger partial charge in [0.25, 0.3) is 11.8 Å². The number of carbonyl (C=O) groups is 2. The number of likely N-dealkylation sites (N-methyl/N-ethyl adjacent to an activating group) is 1. The Bertz CT molecular complexity index is 1310. The third-order valence-corrected chi connectivity index (χ3v) is 7.07. The number of hydrogen-bond acceptors (Lipinski definition) is 5. The maximum Gasteiger partial charge on any atom is 0.270 e. The Morgan fingerprint density at radius 2 is 1.79 bits per heavy atom. The number of amides is 2. The van der Waals surface area contributed by atoms with E-state index in [9.17, 15) is 9.59 Å². The van der Waals surface area contributed by atoms with Gasteiger partial charge in [-0.2, -0.15) is 0 Å². The number of rotatable bonds is 3. The van der Waals surface area contributed by atoms with E-state index in [0.717, 1.165) is 28.0 Å². The quantitative estimate of drug-likeness (QED) is 0.394. The summed E-state index contributed by atoms with van der Waals surface area (Å²) in [4.78, 5) is 30.0. The van der Waals surface area contributed by atoms with Crippen molar-refractivity contribution in [1.82, 2.24) is 5.32 Å². The molecule has 0 unspecified atom stereocenters. The van der Waals surface area contributed by atoms with Gasteiger partial charge in [-0.25, -0.2) is 0 Å². The number of allylic oxidation sites excluding steroid dienone is 1. The standard InChI is InChI=1S/C27H29N3O3S/c1-15-9-8-10-21(17(15)3)30-25(32)20(24(31)28-26(30)34)12-18-11-19-16(2)14-27(4,5)29(6)22(19)13-23(18)33-7/h8-14H,1-7H3,(H,28,31,34)/b20-12-.